The molecule has 1 nitrogen and oxygen atoms in total. The number of fused-ring (bicyclic) bond motifs is 1. The first-order valence-electron chi connectivity index (χ1n) is 5.57. The van der Waals surface area contributed by atoms with Crippen molar-refractivity contribution in [3.05, 3.63) is 41.7 Å². The van der Waals surface area contributed by atoms with Gasteiger partial charge in [0.05, 0.1) is 9.75 Å². The van der Waals surface area contributed by atoms with Gasteiger partial charge in [-0.1, -0.05) is 0 Å². The maximum Gasteiger partial charge on any atom is 0.214 e. The number of rotatable bonds is 2. The minimum Gasteiger partial charge on any atom is -0.287 e. The summed E-state index contributed by atoms with van der Waals surface area (Å²) in [6.07, 6.45) is 3.54. The van der Waals surface area contributed by atoms with Crippen LogP contribution in [0.5, 0.6) is 0 Å². The van der Waals surface area contributed by atoms with Crippen molar-refractivity contribution in [2.75, 3.05) is 0 Å². The Morgan fingerprint density at radius 3 is 2.76 bits per heavy atom. The van der Waals surface area contributed by atoms with Gasteiger partial charge in [-0.2, -0.15) is 0 Å². The van der Waals surface area contributed by atoms with Gasteiger partial charge in [0.25, 0.3) is 0 Å². The number of halogens is 1. The van der Waals surface area contributed by atoms with Gasteiger partial charge in [0.1, 0.15) is 0 Å². The lowest BCUT2D eigenvalue weighted by Crippen LogP contribution is -1.96. The molecule has 2 aromatic rings. The fraction of sp³-hybridized carbons (Fsp3) is 0.308. The Hall–Kier alpha value is -0.450. The van der Waals surface area contributed by atoms with Crippen LogP contribution in [0, 0.1) is 6.92 Å². The summed E-state index contributed by atoms with van der Waals surface area (Å²) in [5, 5.41) is 0. The SMILES string of the molecule is Cc1cc(Br)c(C(=O)c2cc3c(s2)CCC3)s1. The summed E-state index contributed by atoms with van der Waals surface area (Å²) in [5.41, 5.74) is 1.39. The molecule has 2 heterocycles. The molecule has 3 rings (SSSR count). The summed E-state index contributed by atoms with van der Waals surface area (Å²) in [5.74, 6) is 0.175. The lowest BCUT2D eigenvalue weighted by Gasteiger charge is -1.95. The lowest BCUT2D eigenvalue weighted by molar-refractivity contribution is 0.104. The lowest BCUT2D eigenvalue weighted by atomic mass is 10.2. The molecule has 88 valence electrons. The zero-order valence-electron chi connectivity index (χ0n) is 9.38. The Kier molecular flexibility index (Phi) is 2.97. The van der Waals surface area contributed by atoms with Crippen LogP contribution >= 0.6 is 38.6 Å². The first-order valence-corrected chi connectivity index (χ1v) is 8.00. The molecular formula is C13H11BrOS2. The molecule has 0 fully saturated rings. The number of carbonyl (C=O) groups excluding carboxylic acids is 1. The van der Waals surface area contributed by atoms with E-state index in [9.17, 15) is 4.79 Å². The molecule has 1 aliphatic carbocycles. The molecule has 0 saturated carbocycles. The van der Waals surface area contributed by atoms with Crippen LogP contribution in [0.2, 0.25) is 0 Å². The number of thiophene rings is 2. The Labute approximate surface area is 117 Å². The standard InChI is InChI=1S/C13H11BrOS2/c1-7-5-9(14)13(16-7)12(15)11-6-8-3-2-4-10(8)17-11/h5-6H,2-4H2,1H3. The highest BCUT2D eigenvalue weighted by molar-refractivity contribution is 9.10. The third-order valence-corrected chi connectivity index (χ3v) is 6.16. The van der Waals surface area contributed by atoms with E-state index in [1.54, 1.807) is 22.7 Å². The molecule has 0 N–H and O–H groups in total. The van der Waals surface area contributed by atoms with Crippen molar-refractivity contribution in [1.29, 1.82) is 0 Å². The molecule has 0 saturated heterocycles. The summed E-state index contributed by atoms with van der Waals surface area (Å²) in [7, 11) is 0. The van der Waals surface area contributed by atoms with Crippen molar-refractivity contribution >= 4 is 44.4 Å². The van der Waals surface area contributed by atoms with Gasteiger partial charge in [-0.25, -0.2) is 0 Å². The largest absolute Gasteiger partial charge is 0.287 e. The zero-order chi connectivity index (χ0) is 12.0. The van der Waals surface area contributed by atoms with Gasteiger partial charge in [-0.15, -0.1) is 22.7 Å². The number of hydrogen-bond acceptors (Lipinski definition) is 3. The molecule has 0 radical (unpaired) electrons. The molecule has 17 heavy (non-hydrogen) atoms. The van der Waals surface area contributed by atoms with E-state index in [0.29, 0.717) is 0 Å². The van der Waals surface area contributed by atoms with Crippen LogP contribution in [-0.2, 0) is 12.8 Å². The fourth-order valence-electron chi connectivity index (χ4n) is 2.19. The van der Waals surface area contributed by atoms with Gasteiger partial charge in [0.2, 0.25) is 5.78 Å². The van der Waals surface area contributed by atoms with Crippen molar-refractivity contribution in [1.82, 2.24) is 0 Å². The topological polar surface area (TPSA) is 17.1 Å². The average Bonchev–Trinajstić information content (AvgIpc) is 2.90. The van der Waals surface area contributed by atoms with Crippen LogP contribution in [0.3, 0.4) is 0 Å². The number of aryl methyl sites for hydroxylation is 3. The third-order valence-electron chi connectivity index (χ3n) is 2.99. The molecular weight excluding hydrogens is 316 g/mol. The second-order valence-corrected chi connectivity index (χ2v) is 7.52. The molecule has 4 heteroatoms. The predicted molar refractivity (Wildman–Crippen MR) is 76.5 cm³/mol. The first kappa shape index (κ1) is 11.6. The summed E-state index contributed by atoms with van der Waals surface area (Å²) < 4.78 is 0.929. The summed E-state index contributed by atoms with van der Waals surface area (Å²) in [6.45, 7) is 2.03. The molecule has 0 aliphatic heterocycles. The van der Waals surface area contributed by atoms with Crippen molar-refractivity contribution in [2.45, 2.75) is 26.2 Å². The summed E-state index contributed by atoms with van der Waals surface area (Å²) in [4.78, 5) is 16.7. The van der Waals surface area contributed by atoms with Crippen LogP contribution in [0.25, 0.3) is 0 Å². The van der Waals surface area contributed by atoms with Crippen molar-refractivity contribution in [2.24, 2.45) is 0 Å². The maximum atomic E-state index is 12.4. The van der Waals surface area contributed by atoms with Gasteiger partial charge in [0.15, 0.2) is 0 Å². The van der Waals surface area contributed by atoms with E-state index in [2.05, 4.69) is 22.0 Å². The highest BCUT2D eigenvalue weighted by atomic mass is 79.9. The number of ketones is 1. The molecule has 0 atom stereocenters. The highest BCUT2D eigenvalue weighted by Gasteiger charge is 2.21. The molecule has 2 aromatic heterocycles. The molecule has 0 amide bonds. The summed E-state index contributed by atoms with van der Waals surface area (Å²) in [6, 6.07) is 4.11. The second-order valence-electron chi connectivity index (χ2n) is 4.28. The third kappa shape index (κ3) is 2.02. The molecule has 0 spiro atoms. The summed E-state index contributed by atoms with van der Waals surface area (Å²) >= 11 is 6.71. The van der Waals surface area contributed by atoms with Crippen LogP contribution in [0.4, 0.5) is 0 Å². The molecule has 0 bridgehead atoms. The molecule has 0 aromatic carbocycles. The Morgan fingerprint density at radius 1 is 1.29 bits per heavy atom. The van der Waals surface area contributed by atoms with Gasteiger partial charge in [0, 0.05) is 14.2 Å². The van der Waals surface area contributed by atoms with Crippen LogP contribution < -0.4 is 0 Å². The quantitative estimate of drug-likeness (QED) is 0.737. The number of carbonyl (C=O) groups is 1. The van der Waals surface area contributed by atoms with Crippen molar-refractivity contribution < 1.29 is 4.79 Å². The van der Waals surface area contributed by atoms with Gasteiger partial charge < -0.3 is 0 Å². The van der Waals surface area contributed by atoms with Gasteiger partial charge in [-0.3, -0.25) is 4.79 Å². The smallest absolute Gasteiger partial charge is 0.214 e. The van der Waals surface area contributed by atoms with E-state index in [4.69, 9.17) is 0 Å². The average molecular weight is 327 g/mol. The second kappa shape index (κ2) is 4.34. The van der Waals surface area contributed by atoms with E-state index < -0.39 is 0 Å². The minimum absolute atomic E-state index is 0.175. The monoisotopic (exact) mass is 326 g/mol. The van der Waals surface area contributed by atoms with Crippen molar-refractivity contribution in [3.63, 3.8) is 0 Å². The fourth-order valence-corrected chi connectivity index (χ4v) is 5.23. The van der Waals surface area contributed by atoms with E-state index in [-0.39, 0.29) is 5.78 Å². The Balaban J connectivity index is 1.98. The van der Waals surface area contributed by atoms with Crippen molar-refractivity contribution in [3.8, 4) is 0 Å². The van der Waals surface area contributed by atoms with Gasteiger partial charge in [-0.05, 0) is 59.8 Å². The van der Waals surface area contributed by atoms with Gasteiger partial charge >= 0.3 is 0 Å². The van der Waals surface area contributed by atoms with E-state index >= 15 is 0 Å². The van der Waals surface area contributed by atoms with Crippen LogP contribution in [-0.4, -0.2) is 5.78 Å². The zero-order valence-corrected chi connectivity index (χ0v) is 12.6. The van der Waals surface area contributed by atoms with E-state index in [1.165, 1.54) is 21.7 Å². The minimum atomic E-state index is 0.175. The predicted octanol–water partition coefficient (Wildman–Crippen LogP) is 4.60. The number of hydrogen-bond donors (Lipinski definition) is 0. The first-order chi connectivity index (χ1) is 8.15. The molecule has 1 aliphatic rings. The highest BCUT2D eigenvalue weighted by Crippen LogP contribution is 2.35. The van der Waals surface area contributed by atoms with Crippen LogP contribution in [0.15, 0.2) is 16.6 Å². The van der Waals surface area contributed by atoms with Crippen LogP contribution in [0.1, 0.15) is 36.3 Å². The van der Waals surface area contributed by atoms with E-state index in [0.717, 1.165) is 27.1 Å². The Bertz CT molecular complexity index is 573. The molecule has 0 unspecified atom stereocenters. The Morgan fingerprint density at radius 2 is 2.12 bits per heavy atom. The normalized spacial score (nSPS) is 14.0. The van der Waals surface area contributed by atoms with E-state index in [1.807, 2.05) is 13.0 Å². The maximum absolute atomic E-state index is 12.4.